The predicted octanol–water partition coefficient (Wildman–Crippen LogP) is 4.60. The number of carbonyl (C=O) groups excluding carboxylic acids is 1. The molecule has 4 aromatic rings. The zero-order chi connectivity index (χ0) is 22.0. The molecule has 0 saturated heterocycles. The summed E-state index contributed by atoms with van der Waals surface area (Å²) in [5.41, 5.74) is 4.20. The van der Waals surface area contributed by atoms with Gasteiger partial charge in [-0.05, 0) is 36.6 Å². The molecule has 0 atom stereocenters. The molecule has 0 radical (unpaired) electrons. The predicted molar refractivity (Wildman–Crippen MR) is 120 cm³/mol. The topological polar surface area (TPSA) is 90.0 Å². The Hall–Kier alpha value is -3.45. The molecule has 0 aliphatic rings. The minimum atomic E-state index is -0.375. The van der Waals surface area contributed by atoms with Crippen molar-refractivity contribution in [3.63, 3.8) is 0 Å². The fraction of sp³-hybridized carbons (Fsp3) is 0.217. The summed E-state index contributed by atoms with van der Waals surface area (Å²) in [5.74, 6) is -0.235. The molecule has 2 aromatic heterocycles. The van der Waals surface area contributed by atoms with Crippen molar-refractivity contribution in [3.05, 3.63) is 75.3 Å². The van der Waals surface area contributed by atoms with Gasteiger partial charge in [0, 0.05) is 29.2 Å². The Balaban J connectivity index is 1.49. The van der Waals surface area contributed by atoms with Crippen LogP contribution in [0.2, 0.25) is 5.02 Å². The largest absolute Gasteiger partial charge is 0.348 e. The summed E-state index contributed by atoms with van der Waals surface area (Å²) in [6, 6.07) is 13.2. The van der Waals surface area contributed by atoms with Gasteiger partial charge in [0.05, 0.1) is 6.33 Å². The maximum Gasteiger partial charge on any atom is 0.299 e. The van der Waals surface area contributed by atoms with Crippen molar-refractivity contribution in [2.45, 2.75) is 33.2 Å². The molecule has 1 N–H and O–H groups in total. The molecule has 0 unspecified atom stereocenters. The molecule has 0 bridgehead atoms. The third kappa shape index (κ3) is 4.36. The lowest BCUT2D eigenvalue weighted by molar-refractivity contribution is -0.116. The van der Waals surface area contributed by atoms with Gasteiger partial charge >= 0.3 is 0 Å². The van der Waals surface area contributed by atoms with Gasteiger partial charge in [0.1, 0.15) is 11.2 Å². The number of rotatable bonds is 6. The van der Waals surface area contributed by atoms with Gasteiger partial charge in [-0.15, -0.1) is 0 Å². The van der Waals surface area contributed by atoms with E-state index in [1.165, 1.54) is 16.5 Å². The first kappa shape index (κ1) is 20.8. The van der Waals surface area contributed by atoms with Gasteiger partial charge in [-0.2, -0.15) is 0 Å². The van der Waals surface area contributed by atoms with Gasteiger partial charge in [0.25, 0.3) is 11.1 Å². The van der Waals surface area contributed by atoms with E-state index in [4.69, 9.17) is 16.1 Å². The van der Waals surface area contributed by atoms with Crippen LogP contribution in [-0.4, -0.2) is 20.6 Å². The normalized spacial score (nSPS) is 11.1. The lowest BCUT2D eigenvalue weighted by atomic mass is 10.1. The minimum absolute atomic E-state index is 0.0720. The third-order valence-electron chi connectivity index (χ3n) is 5.12. The van der Waals surface area contributed by atoms with E-state index >= 15 is 0 Å². The van der Waals surface area contributed by atoms with Crippen LogP contribution in [0.1, 0.15) is 24.5 Å². The Labute approximate surface area is 183 Å². The summed E-state index contributed by atoms with van der Waals surface area (Å²) in [7, 11) is 0. The number of halogens is 1. The van der Waals surface area contributed by atoms with Crippen LogP contribution in [0.4, 0.5) is 5.69 Å². The Kier molecular flexibility index (Phi) is 5.86. The maximum atomic E-state index is 12.8. The highest BCUT2D eigenvalue weighted by atomic mass is 35.5. The first-order valence-electron chi connectivity index (χ1n) is 9.96. The zero-order valence-electron chi connectivity index (χ0n) is 17.2. The van der Waals surface area contributed by atoms with Crippen LogP contribution in [0.15, 0.2) is 58.1 Å². The van der Waals surface area contributed by atoms with Crippen LogP contribution in [0.5, 0.6) is 0 Å². The zero-order valence-corrected chi connectivity index (χ0v) is 17.9. The molecular weight excluding hydrogens is 416 g/mol. The quantitative estimate of drug-likeness (QED) is 0.477. The summed E-state index contributed by atoms with van der Waals surface area (Å²) in [6.45, 7) is 4.13. The van der Waals surface area contributed by atoms with E-state index in [9.17, 15) is 9.59 Å². The van der Waals surface area contributed by atoms with Gasteiger partial charge in [0.15, 0.2) is 0 Å². The highest BCUT2D eigenvalue weighted by molar-refractivity contribution is 6.31. The smallest absolute Gasteiger partial charge is 0.299 e. The number of hydrogen-bond donors (Lipinski definition) is 1. The van der Waals surface area contributed by atoms with E-state index in [0.29, 0.717) is 21.9 Å². The number of aryl methyl sites for hydroxylation is 3. The Morgan fingerprint density at radius 3 is 2.68 bits per heavy atom. The SMILES string of the molecule is CCc1ccc(-c2noc3c(=O)n(CCC(=O)Nc4ccc(C)c(Cl)c4)cnc23)cc1. The number of amides is 1. The van der Waals surface area contributed by atoms with Crippen molar-refractivity contribution in [3.8, 4) is 11.3 Å². The van der Waals surface area contributed by atoms with E-state index in [0.717, 1.165) is 17.5 Å². The summed E-state index contributed by atoms with van der Waals surface area (Å²) < 4.78 is 6.64. The lowest BCUT2D eigenvalue weighted by Crippen LogP contribution is -2.23. The number of nitrogens with zero attached hydrogens (tertiary/aromatic N) is 3. The number of aromatic nitrogens is 3. The number of fused-ring (bicyclic) bond motifs is 1. The summed E-state index contributed by atoms with van der Waals surface area (Å²) >= 11 is 6.09. The third-order valence-corrected chi connectivity index (χ3v) is 5.53. The van der Waals surface area contributed by atoms with E-state index in [1.54, 1.807) is 12.1 Å². The summed E-state index contributed by atoms with van der Waals surface area (Å²) in [6.07, 6.45) is 2.45. The molecule has 0 fully saturated rings. The van der Waals surface area contributed by atoms with E-state index in [2.05, 4.69) is 22.4 Å². The summed E-state index contributed by atoms with van der Waals surface area (Å²) in [4.78, 5) is 29.4. The van der Waals surface area contributed by atoms with Gasteiger partial charge in [-0.3, -0.25) is 14.2 Å². The second kappa shape index (κ2) is 8.73. The second-order valence-corrected chi connectivity index (χ2v) is 7.67. The molecule has 2 heterocycles. The molecule has 4 rings (SSSR count). The Morgan fingerprint density at radius 1 is 1.19 bits per heavy atom. The number of carbonyl (C=O) groups is 1. The average Bonchev–Trinajstić information content (AvgIpc) is 3.21. The molecule has 0 saturated carbocycles. The van der Waals surface area contributed by atoms with Crippen LogP contribution in [0.25, 0.3) is 22.4 Å². The Morgan fingerprint density at radius 2 is 1.97 bits per heavy atom. The van der Waals surface area contributed by atoms with Crippen LogP contribution in [0.3, 0.4) is 0 Å². The number of nitrogens with one attached hydrogen (secondary N) is 1. The van der Waals surface area contributed by atoms with E-state index in [-0.39, 0.29) is 30.0 Å². The molecule has 0 spiro atoms. The van der Waals surface area contributed by atoms with Crippen LogP contribution >= 0.6 is 11.6 Å². The fourth-order valence-electron chi connectivity index (χ4n) is 3.22. The second-order valence-electron chi connectivity index (χ2n) is 7.26. The Bertz CT molecular complexity index is 1310. The van der Waals surface area contributed by atoms with Gasteiger partial charge in [-0.1, -0.05) is 54.0 Å². The molecule has 0 aliphatic heterocycles. The molecule has 1 amide bonds. The highest BCUT2D eigenvalue weighted by Gasteiger charge is 2.17. The molecular formula is C23H21ClN4O3. The standard InChI is InChI=1S/C23H21ClN4O3/c1-3-15-5-7-16(8-6-15)20-21-22(31-27-20)23(30)28(13-25-21)11-10-19(29)26-17-9-4-14(2)18(24)12-17/h4-9,12-13H,3,10-11H2,1-2H3,(H,26,29). The first-order valence-corrected chi connectivity index (χ1v) is 10.3. The average molecular weight is 437 g/mol. The minimum Gasteiger partial charge on any atom is -0.348 e. The molecule has 158 valence electrons. The molecule has 8 heteroatoms. The number of benzene rings is 2. The van der Waals surface area contributed by atoms with Gasteiger partial charge in [-0.25, -0.2) is 4.98 Å². The van der Waals surface area contributed by atoms with Crippen molar-refractivity contribution < 1.29 is 9.32 Å². The van der Waals surface area contributed by atoms with Crippen molar-refractivity contribution in [1.29, 1.82) is 0 Å². The highest BCUT2D eigenvalue weighted by Crippen LogP contribution is 2.25. The van der Waals surface area contributed by atoms with Crippen molar-refractivity contribution in [2.75, 3.05) is 5.32 Å². The van der Waals surface area contributed by atoms with Crippen LogP contribution in [-0.2, 0) is 17.8 Å². The lowest BCUT2D eigenvalue weighted by Gasteiger charge is -2.08. The van der Waals surface area contributed by atoms with Gasteiger partial charge in [0.2, 0.25) is 5.91 Å². The van der Waals surface area contributed by atoms with Crippen molar-refractivity contribution in [2.24, 2.45) is 0 Å². The van der Waals surface area contributed by atoms with Crippen LogP contribution < -0.4 is 10.9 Å². The maximum absolute atomic E-state index is 12.8. The van der Waals surface area contributed by atoms with E-state index < -0.39 is 0 Å². The van der Waals surface area contributed by atoms with Crippen molar-refractivity contribution >= 4 is 34.3 Å². The van der Waals surface area contributed by atoms with Gasteiger partial charge < -0.3 is 9.84 Å². The fourth-order valence-corrected chi connectivity index (χ4v) is 3.40. The monoisotopic (exact) mass is 436 g/mol. The summed E-state index contributed by atoms with van der Waals surface area (Å²) in [5, 5.41) is 7.40. The molecule has 0 aliphatic carbocycles. The number of anilines is 1. The first-order chi connectivity index (χ1) is 15.0. The molecule has 2 aromatic carbocycles. The van der Waals surface area contributed by atoms with E-state index in [1.807, 2.05) is 37.3 Å². The van der Waals surface area contributed by atoms with Crippen molar-refractivity contribution in [1.82, 2.24) is 14.7 Å². The molecule has 7 nitrogen and oxygen atoms in total. The number of hydrogen-bond acceptors (Lipinski definition) is 5. The molecule has 31 heavy (non-hydrogen) atoms. The van der Waals surface area contributed by atoms with Crippen LogP contribution in [0, 0.1) is 6.92 Å².